The molecule has 2 rings (SSSR count). The van der Waals surface area contributed by atoms with Crippen LogP contribution < -0.4 is 10.0 Å². The maximum atomic E-state index is 11.7. The van der Waals surface area contributed by atoms with Crippen molar-refractivity contribution < 1.29 is 24.6 Å². The molecule has 5 heteroatoms. The predicted octanol–water partition coefficient (Wildman–Crippen LogP) is -0.309. The predicted molar refractivity (Wildman–Crippen MR) is 67.3 cm³/mol. The fourth-order valence-corrected chi connectivity index (χ4v) is 2.32. The summed E-state index contributed by atoms with van der Waals surface area (Å²) in [5, 5.41) is 20.3. The van der Waals surface area contributed by atoms with Gasteiger partial charge < -0.3 is 19.8 Å². The smallest absolute Gasteiger partial charge is 0.338 e. The second-order valence-corrected chi connectivity index (χ2v) is 4.88. The number of ether oxygens (including phenoxy) is 1. The number of phenolic OH excluding ortho intramolecular Hbond substituents is 1. The molecule has 0 saturated carbocycles. The Morgan fingerprint density at radius 3 is 2.74 bits per heavy atom. The highest BCUT2D eigenvalue weighted by molar-refractivity contribution is 5.90. The number of hydrogen-bond acceptors (Lipinski definition) is 4. The highest BCUT2D eigenvalue weighted by Gasteiger charge is 2.14. The van der Waals surface area contributed by atoms with Crippen molar-refractivity contribution in [3.8, 4) is 11.5 Å². The Labute approximate surface area is 112 Å². The van der Waals surface area contributed by atoms with Crippen molar-refractivity contribution in [1.82, 2.24) is 0 Å². The third-order valence-corrected chi connectivity index (χ3v) is 3.44. The van der Waals surface area contributed by atoms with Crippen LogP contribution in [-0.4, -0.2) is 37.3 Å². The molecule has 1 aromatic rings. The average Bonchev–Trinajstić information content (AvgIpc) is 2.43. The van der Waals surface area contributed by atoms with E-state index in [1.807, 2.05) is 0 Å². The zero-order chi connectivity index (χ0) is 13.7. The molecule has 0 aliphatic carbocycles. The largest absolute Gasteiger partial charge is 0.870 e. The lowest BCUT2D eigenvalue weighted by atomic mass is 10.1. The van der Waals surface area contributed by atoms with Crippen LogP contribution in [-0.2, 0) is 4.74 Å². The Hall–Kier alpha value is -1.75. The second-order valence-electron chi connectivity index (χ2n) is 4.88. The highest BCUT2D eigenvalue weighted by Crippen LogP contribution is 2.22. The zero-order valence-electron chi connectivity index (χ0n) is 10.9. The van der Waals surface area contributed by atoms with Crippen LogP contribution in [0.1, 0.15) is 29.6 Å². The maximum Gasteiger partial charge on any atom is 0.338 e. The van der Waals surface area contributed by atoms with Gasteiger partial charge in [0.25, 0.3) is 0 Å². The van der Waals surface area contributed by atoms with Crippen molar-refractivity contribution >= 4 is 5.97 Å². The minimum Gasteiger partial charge on any atom is -0.870 e. The molecule has 19 heavy (non-hydrogen) atoms. The summed E-state index contributed by atoms with van der Waals surface area (Å²) in [5.74, 6) is -1.41. The topological polar surface area (TPSA) is 74.0 Å². The third-order valence-electron chi connectivity index (χ3n) is 3.44. The summed E-state index contributed by atoms with van der Waals surface area (Å²) in [4.78, 5) is 13.2. The van der Waals surface area contributed by atoms with Crippen molar-refractivity contribution in [3.05, 3.63) is 23.8 Å². The number of aromatic hydroxyl groups is 1. The van der Waals surface area contributed by atoms with Crippen molar-refractivity contribution in [2.24, 2.45) is 0 Å². The number of rotatable bonds is 4. The van der Waals surface area contributed by atoms with Gasteiger partial charge in [-0.2, -0.15) is 0 Å². The van der Waals surface area contributed by atoms with Gasteiger partial charge >= 0.3 is 5.97 Å². The lowest BCUT2D eigenvalue weighted by Crippen LogP contribution is -3.13. The van der Waals surface area contributed by atoms with Crippen molar-refractivity contribution in [2.75, 3.05) is 26.2 Å². The summed E-state index contributed by atoms with van der Waals surface area (Å²) < 4.78 is 5.15. The van der Waals surface area contributed by atoms with Gasteiger partial charge in [0, 0.05) is 0 Å². The van der Waals surface area contributed by atoms with Gasteiger partial charge in [-0.15, -0.1) is 0 Å². The summed E-state index contributed by atoms with van der Waals surface area (Å²) in [5.41, 5.74) is 0.214. The fraction of sp³-hybridized carbons (Fsp3) is 0.500. The average molecular weight is 265 g/mol. The molecule has 1 fully saturated rings. The number of likely N-dealkylation sites (tertiary alicyclic amines) is 1. The van der Waals surface area contributed by atoms with E-state index < -0.39 is 17.5 Å². The van der Waals surface area contributed by atoms with E-state index in [-0.39, 0.29) is 5.56 Å². The highest BCUT2D eigenvalue weighted by atomic mass is 16.5. The molecule has 1 aromatic carbocycles. The molecule has 1 saturated heterocycles. The fourth-order valence-electron chi connectivity index (χ4n) is 2.32. The van der Waals surface area contributed by atoms with Gasteiger partial charge in [-0.25, -0.2) is 4.79 Å². The first kappa shape index (κ1) is 13.7. The van der Waals surface area contributed by atoms with Gasteiger partial charge in [0.05, 0.1) is 18.7 Å². The van der Waals surface area contributed by atoms with E-state index in [1.165, 1.54) is 36.3 Å². The van der Waals surface area contributed by atoms with Gasteiger partial charge in [-0.3, -0.25) is 0 Å². The van der Waals surface area contributed by atoms with Gasteiger partial charge in [-0.05, 0) is 31.4 Å². The molecule has 5 nitrogen and oxygen atoms in total. The lowest BCUT2D eigenvalue weighted by molar-refractivity contribution is -0.905. The van der Waals surface area contributed by atoms with Crippen LogP contribution >= 0.6 is 0 Å². The van der Waals surface area contributed by atoms with E-state index in [9.17, 15) is 15.0 Å². The van der Waals surface area contributed by atoms with E-state index in [0.717, 1.165) is 25.7 Å². The van der Waals surface area contributed by atoms with E-state index in [1.54, 1.807) is 0 Å². The molecule has 2 N–H and O–H groups in total. The molecule has 1 aliphatic rings. The molecule has 1 heterocycles. The molecular formula is C14H19NO4. The summed E-state index contributed by atoms with van der Waals surface area (Å²) in [6.07, 6.45) is 3.77. The number of hydrogen-bond donors (Lipinski definition) is 2. The molecule has 0 aromatic heterocycles. The number of carbonyl (C=O) groups is 1. The first-order valence-corrected chi connectivity index (χ1v) is 6.67. The Morgan fingerprint density at radius 2 is 2.05 bits per heavy atom. The van der Waals surface area contributed by atoms with Crippen molar-refractivity contribution in [2.45, 2.75) is 19.3 Å². The molecule has 0 amide bonds. The van der Waals surface area contributed by atoms with Gasteiger partial charge in [0.2, 0.25) is 0 Å². The Kier molecular flexibility index (Phi) is 4.63. The lowest BCUT2D eigenvalue weighted by Gasteiger charge is -2.23. The van der Waals surface area contributed by atoms with Crippen LogP contribution in [0.3, 0.4) is 0 Å². The quantitative estimate of drug-likeness (QED) is 0.733. The number of benzene rings is 1. The van der Waals surface area contributed by atoms with Crippen molar-refractivity contribution in [3.63, 3.8) is 0 Å². The summed E-state index contributed by atoms with van der Waals surface area (Å²) in [7, 11) is 0. The number of piperidine rings is 1. The van der Waals surface area contributed by atoms with Gasteiger partial charge in [0.1, 0.15) is 18.9 Å². The number of quaternary nitrogens is 1. The molecule has 1 aliphatic heterocycles. The van der Waals surface area contributed by atoms with E-state index in [2.05, 4.69) is 0 Å². The summed E-state index contributed by atoms with van der Waals surface area (Å²) >= 11 is 0. The van der Waals surface area contributed by atoms with E-state index >= 15 is 0 Å². The SMILES string of the molecule is O=C(OCC[NH+]1CCCCC1)c1ccc([O-])c(O)c1. The van der Waals surface area contributed by atoms with Crippen LogP contribution in [0.5, 0.6) is 11.5 Å². The number of carbonyl (C=O) groups excluding carboxylic acids is 1. The van der Waals surface area contributed by atoms with Crippen LogP contribution in [0.25, 0.3) is 0 Å². The van der Waals surface area contributed by atoms with Crippen LogP contribution in [0.15, 0.2) is 18.2 Å². The number of esters is 1. The molecule has 0 bridgehead atoms. The van der Waals surface area contributed by atoms with E-state index in [4.69, 9.17) is 4.74 Å². The zero-order valence-corrected chi connectivity index (χ0v) is 10.9. The minimum absolute atomic E-state index is 0.214. The first-order valence-electron chi connectivity index (χ1n) is 6.67. The Bertz CT molecular complexity index is 441. The Balaban J connectivity index is 1.78. The molecule has 0 spiro atoms. The number of phenols is 1. The first-order chi connectivity index (χ1) is 9.16. The van der Waals surface area contributed by atoms with Crippen LogP contribution in [0, 0.1) is 0 Å². The monoisotopic (exact) mass is 265 g/mol. The normalized spacial score (nSPS) is 16.2. The van der Waals surface area contributed by atoms with E-state index in [0.29, 0.717) is 6.61 Å². The standard InChI is InChI=1S/C14H19NO4/c16-12-5-4-11(10-13(12)17)14(18)19-9-8-15-6-2-1-3-7-15/h4-5,10,16-17H,1-3,6-9H2. The van der Waals surface area contributed by atoms with Gasteiger partial charge in [0.15, 0.2) is 0 Å². The van der Waals surface area contributed by atoms with Crippen molar-refractivity contribution in [1.29, 1.82) is 0 Å². The molecular weight excluding hydrogens is 246 g/mol. The van der Waals surface area contributed by atoms with Crippen LogP contribution in [0.4, 0.5) is 0 Å². The third kappa shape index (κ3) is 3.86. The summed E-state index contributed by atoms with van der Waals surface area (Å²) in [6, 6.07) is 3.69. The molecule has 0 atom stereocenters. The number of nitrogens with one attached hydrogen (secondary N) is 1. The molecule has 104 valence electrons. The maximum absolute atomic E-state index is 11.7. The second kappa shape index (κ2) is 6.43. The summed E-state index contributed by atoms with van der Waals surface area (Å²) in [6.45, 7) is 3.47. The minimum atomic E-state index is -0.494. The van der Waals surface area contributed by atoms with Crippen LogP contribution in [0.2, 0.25) is 0 Å². The molecule has 0 radical (unpaired) electrons. The Morgan fingerprint density at radius 1 is 1.32 bits per heavy atom. The van der Waals surface area contributed by atoms with Gasteiger partial charge in [-0.1, -0.05) is 11.8 Å². The molecule has 0 unspecified atom stereocenters.